The predicted octanol–water partition coefficient (Wildman–Crippen LogP) is 1.86. The van der Waals surface area contributed by atoms with Gasteiger partial charge in [0, 0.05) is 18.7 Å². The van der Waals surface area contributed by atoms with Crippen molar-refractivity contribution in [2.45, 2.75) is 19.4 Å². The van der Waals surface area contributed by atoms with Gasteiger partial charge in [0.25, 0.3) is 5.91 Å². The van der Waals surface area contributed by atoms with Crippen LogP contribution >= 0.6 is 12.4 Å². The third-order valence-electron chi connectivity index (χ3n) is 3.75. The molecule has 0 aromatic heterocycles. The fourth-order valence-corrected chi connectivity index (χ4v) is 2.45. The van der Waals surface area contributed by atoms with E-state index in [1.54, 1.807) is 13.2 Å². The molecule has 2 rings (SSSR count). The Kier molecular flexibility index (Phi) is 8.24. The number of carbonyl (C=O) groups is 1. The van der Waals surface area contributed by atoms with E-state index >= 15 is 0 Å². The average molecular weight is 329 g/mol. The summed E-state index contributed by atoms with van der Waals surface area (Å²) >= 11 is 0. The molecule has 0 bridgehead atoms. The van der Waals surface area contributed by atoms with Gasteiger partial charge in [0.05, 0.1) is 6.61 Å². The first-order valence-corrected chi connectivity index (χ1v) is 7.44. The smallest absolute Gasteiger partial charge is 0.251 e. The Morgan fingerprint density at radius 1 is 1.41 bits per heavy atom. The van der Waals surface area contributed by atoms with E-state index in [1.165, 1.54) is 0 Å². The molecule has 5 nitrogen and oxygen atoms in total. The topological polar surface area (TPSA) is 59.6 Å². The average Bonchev–Trinajstić information content (AvgIpc) is 2.50. The van der Waals surface area contributed by atoms with E-state index in [1.807, 2.05) is 18.2 Å². The van der Waals surface area contributed by atoms with E-state index in [2.05, 4.69) is 17.6 Å². The van der Waals surface area contributed by atoms with Gasteiger partial charge >= 0.3 is 0 Å². The minimum Gasteiger partial charge on any atom is -0.491 e. The lowest BCUT2D eigenvalue weighted by Crippen LogP contribution is -2.48. The quantitative estimate of drug-likeness (QED) is 0.783. The van der Waals surface area contributed by atoms with Crippen LogP contribution in [0.4, 0.5) is 0 Å². The lowest BCUT2D eigenvalue weighted by atomic mass is 9.95. The molecule has 2 unspecified atom stereocenters. The summed E-state index contributed by atoms with van der Waals surface area (Å²) < 4.78 is 10.5. The molecule has 2 atom stereocenters. The second kappa shape index (κ2) is 9.66. The van der Waals surface area contributed by atoms with E-state index in [4.69, 9.17) is 9.47 Å². The number of halogens is 1. The molecule has 1 saturated heterocycles. The monoisotopic (exact) mass is 328 g/mol. The molecule has 0 saturated carbocycles. The van der Waals surface area contributed by atoms with Crippen LogP contribution in [0.3, 0.4) is 0 Å². The number of hydrogen-bond donors (Lipinski definition) is 2. The Morgan fingerprint density at radius 2 is 2.23 bits per heavy atom. The van der Waals surface area contributed by atoms with Gasteiger partial charge in [-0.2, -0.15) is 0 Å². The highest BCUT2D eigenvalue weighted by atomic mass is 35.5. The number of methoxy groups -OCH3 is 1. The molecule has 22 heavy (non-hydrogen) atoms. The van der Waals surface area contributed by atoms with Gasteiger partial charge in [0.15, 0.2) is 0 Å². The minimum absolute atomic E-state index is 0. The molecule has 0 spiro atoms. The lowest BCUT2D eigenvalue weighted by molar-refractivity contribution is 0.0913. The molecule has 124 valence electrons. The molecule has 0 radical (unpaired) electrons. The second-order valence-electron chi connectivity index (χ2n) is 5.42. The maximum Gasteiger partial charge on any atom is 0.251 e. The molecule has 0 aliphatic carbocycles. The van der Waals surface area contributed by atoms with Gasteiger partial charge in [-0.05, 0) is 43.6 Å². The van der Waals surface area contributed by atoms with Gasteiger partial charge in [-0.15, -0.1) is 12.4 Å². The van der Waals surface area contributed by atoms with Gasteiger partial charge < -0.3 is 20.1 Å². The highest BCUT2D eigenvalue weighted by Crippen LogP contribution is 2.15. The van der Waals surface area contributed by atoms with Crippen LogP contribution in [0.1, 0.15) is 23.7 Å². The van der Waals surface area contributed by atoms with E-state index < -0.39 is 0 Å². The number of ether oxygens (including phenoxy) is 2. The number of rotatable bonds is 6. The van der Waals surface area contributed by atoms with Crippen LogP contribution in [-0.4, -0.2) is 45.4 Å². The van der Waals surface area contributed by atoms with Crippen molar-refractivity contribution >= 4 is 18.3 Å². The fourth-order valence-electron chi connectivity index (χ4n) is 2.45. The van der Waals surface area contributed by atoms with E-state index in [0.717, 1.165) is 19.5 Å². The van der Waals surface area contributed by atoms with Crippen LogP contribution in [0.2, 0.25) is 0 Å². The third-order valence-corrected chi connectivity index (χ3v) is 3.75. The highest BCUT2D eigenvalue weighted by molar-refractivity contribution is 5.94. The van der Waals surface area contributed by atoms with Crippen LogP contribution in [0.15, 0.2) is 24.3 Å². The Morgan fingerprint density at radius 3 is 2.95 bits per heavy atom. The van der Waals surface area contributed by atoms with Crippen molar-refractivity contribution in [3.8, 4) is 5.75 Å². The van der Waals surface area contributed by atoms with Crippen molar-refractivity contribution < 1.29 is 14.3 Å². The van der Waals surface area contributed by atoms with Crippen LogP contribution < -0.4 is 15.4 Å². The number of piperidine rings is 1. The van der Waals surface area contributed by atoms with Gasteiger partial charge in [-0.3, -0.25) is 4.79 Å². The van der Waals surface area contributed by atoms with E-state index in [0.29, 0.717) is 30.4 Å². The zero-order valence-corrected chi connectivity index (χ0v) is 13.9. The van der Waals surface area contributed by atoms with Gasteiger partial charge in [0.1, 0.15) is 12.4 Å². The highest BCUT2D eigenvalue weighted by Gasteiger charge is 2.23. The molecular weight excluding hydrogens is 304 g/mol. The number of carbonyl (C=O) groups excluding carboxylic acids is 1. The summed E-state index contributed by atoms with van der Waals surface area (Å²) in [6.45, 7) is 5.07. The maximum absolute atomic E-state index is 12.3. The first-order chi connectivity index (χ1) is 10.2. The molecule has 1 aromatic carbocycles. The van der Waals surface area contributed by atoms with Crippen LogP contribution in [-0.2, 0) is 4.74 Å². The number of benzene rings is 1. The number of nitrogens with one attached hydrogen (secondary N) is 2. The molecular formula is C16H25ClN2O3. The van der Waals surface area contributed by atoms with Gasteiger partial charge in [-0.25, -0.2) is 0 Å². The van der Waals surface area contributed by atoms with E-state index in [9.17, 15) is 4.79 Å². The molecule has 1 aliphatic rings. The second-order valence-corrected chi connectivity index (χ2v) is 5.42. The summed E-state index contributed by atoms with van der Waals surface area (Å²) in [5.41, 5.74) is 0.635. The number of hydrogen-bond acceptors (Lipinski definition) is 4. The molecule has 1 amide bonds. The first kappa shape index (κ1) is 18.7. The normalized spacial score (nSPS) is 20.8. The van der Waals surface area contributed by atoms with Crippen molar-refractivity contribution in [2.75, 3.05) is 33.4 Å². The SMILES string of the molecule is COCCOc1cccc(C(=O)NC2CCNCC2C)c1.Cl. The standard InChI is InChI=1S/C16H24N2O3.ClH/c1-12-11-17-7-6-15(12)18-16(19)13-4-3-5-14(10-13)21-9-8-20-2;/h3-5,10,12,15,17H,6-9,11H2,1-2H3,(H,18,19);1H. The number of amides is 1. The van der Waals surface area contributed by atoms with Gasteiger partial charge in [0.2, 0.25) is 0 Å². The van der Waals surface area contributed by atoms with Crippen molar-refractivity contribution in [2.24, 2.45) is 5.92 Å². The third kappa shape index (κ3) is 5.48. The van der Waals surface area contributed by atoms with Crippen LogP contribution in [0, 0.1) is 5.92 Å². The van der Waals surface area contributed by atoms with Gasteiger partial charge in [-0.1, -0.05) is 13.0 Å². The van der Waals surface area contributed by atoms with Crippen LogP contribution in [0.5, 0.6) is 5.75 Å². The zero-order valence-electron chi connectivity index (χ0n) is 13.1. The predicted molar refractivity (Wildman–Crippen MR) is 89.0 cm³/mol. The molecule has 1 aliphatic heterocycles. The van der Waals surface area contributed by atoms with E-state index in [-0.39, 0.29) is 24.4 Å². The zero-order chi connectivity index (χ0) is 15.1. The first-order valence-electron chi connectivity index (χ1n) is 7.44. The summed E-state index contributed by atoms with van der Waals surface area (Å²) in [6.07, 6.45) is 0.969. The van der Waals surface area contributed by atoms with Crippen LogP contribution in [0.25, 0.3) is 0 Å². The van der Waals surface area contributed by atoms with Crippen molar-refractivity contribution in [3.63, 3.8) is 0 Å². The molecule has 1 fully saturated rings. The summed E-state index contributed by atoms with van der Waals surface area (Å²) in [5.74, 6) is 1.10. The largest absolute Gasteiger partial charge is 0.491 e. The summed E-state index contributed by atoms with van der Waals surface area (Å²) in [7, 11) is 1.63. The van der Waals surface area contributed by atoms with Crippen molar-refractivity contribution in [1.82, 2.24) is 10.6 Å². The lowest BCUT2D eigenvalue weighted by Gasteiger charge is -2.30. The maximum atomic E-state index is 12.3. The Bertz CT molecular complexity index is 470. The molecule has 6 heteroatoms. The fraction of sp³-hybridized carbons (Fsp3) is 0.562. The minimum atomic E-state index is -0.0362. The molecule has 2 N–H and O–H groups in total. The van der Waals surface area contributed by atoms with Crippen molar-refractivity contribution in [1.29, 1.82) is 0 Å². The summed E-state index contributed by atoms with van der Waals surface area (Å²) in [6, 6.07) is 7.50. The summed E-state index contributed by atoms with van der Waals surface area (Å²) in [4.78, 5) is 12.3. The Hall–Kier alpha value is -1.30. The Balaban J connectivity index is 0.00000242. The summed E-state index contributed by atoms with van der Waals surface area (Å²) in [5, 5.41) is 6.45. The Labute approximate surface area is 138 Å². The molecule has 1 heterocycles. The van der Waals surface area contributed by atoms with Crippen molar-refractivity contribution in [3.05, 3.63) is 29.8 Å². The molecule has 1 aromatic rings.